The van der Waals surface area contributed by atoms with Crippen LogP contribution in [0.5, 0.6) is 5.88 Å². The molecule has 0 N–H and O–H groups in total. The highest BCUT2D eigenvalue weighted by Gasteiger charge is 2.15. The summed E-state index contributed by atoms with van der Waals surface area (Å²) in [7, 11) is 0. The molecule has 128 valence electrons. The second-order valence-corrected chi connectivity index (χ2v) is 4.95. The van der Waals surface area contributed by atoms with Crippen LogP contribution in [0.3, 0.4) is 0 Å². The molecule has 1 aromatic carbocycles. The maximum Gasteiger partial charge on any atom is 0.388 e. The highest BCUT2D eigenvalue weighted by atomic mass is 19.3. The fourth-order valence-electron chi connectivity index (χ4n) is 2.09. The molecule has 0 aliphatic heterocycles. The van der Waals surface area contributed by atoms with Crippen molar-refractivity contribution in [3.63, 3.8) is 0 Å². The molecule has 0 saturated heterocycles. The number of aromatic nitrogens is 3. The van der Waals surface area contributed by atoms with Crippen LogP contribution in [0.4, 0.5) is 13.2 Å². The lowest BCUT2D eigenvalue weighted by molar-refractivity contribution is -0.0532. The lowest BCUT2D eigenvalue weighted by atomic mass is 10.2. The van der Waals surface area contributed by atoms with E-state index in [1.54, 1.807) is 24.4 Å². The number of hydrogen-bond acceptors (Lipinski definition) is 4. The second kappa shape index (κ2) is 7.41. The van der Waals surface area contributed by atoms with Gasteiger partial charge in [0.2, 0.25) is 0 Å². The van der Waals surface area contributed by atoms with Crippen LogP contribution in [0, 0.1) is 29.0 Å². The number of rotatable bonds is 3. The fourth-order valence-corrected chi connectivity index (χ4v) is 2.09. The van der Waals surface area contributed by atoms with Gasteiger partial charge < -0.3 is 4.74 Å². The van der Waals surface area contributed by atoms with Crippen LogP contribution in [-0.4, -0.2) is 21.4 Å². The molecule has 2 aromatic heterocycles. The third-order valence-electron chi connectivity index (χ3n) is 3.15. The molecule has 0 bridgehead atoms. The summed E-state index contributed by atoms with van der Waals surface area (Å²) in [5.41, 5.74) is 0.735. The lowest BCUT2D eigenvalue weighted by Crippen LogP contribution is -2.04. The van der Waals surface area contributed by atoms with Gasteiger partial charge in [-0.2, -0.15) is 14.0 Å². The van der Waals surface area contributed by atoms with E-state index in [1.807, 2.05) is 6.07 Å². The Labute approximate surface area is 146 Å². The van der Waals surface area contributed by atoms with Crippen molar-refractivity contribution in [3.8, 4) is 29.5 Å². The van der Waals surface area contributed by atoms with Crippen LogP contribution in [-0.2, 0) is 0 Å². The van der Waals surface area contributed by atoms with Crippen molar-refractivity contribution in [2.24, 2.45) is 0 Å². The third kappa shape index (κ3) is 4.00. The average Bonchev–Trinajstić information content (AvgIpc) is 3.02. The Kier molecular flexibility index (Phi) is 4.86. The first-order valence-electron chi connectivity index (χ1n) is 7.24. The van der Waals surface area contributed by atoms with Gasteiger partial charge in [0.05, 0.1) is 23.5 Å². The Morgan fingerprint density at radius 3 is 2.69 bits per heavy atom. The lowest BCUT2D eigenvalue weighted by Gasteiger charge is -2.02. The van der Waals surface area contributed by atoms with Gasteiger partial charge in [0.15, 0.2) is 0 Å². The normalized spacial score (nSPS) is 10.1. The highest BCUT2D eigenvalue weighted by molar-refractivity contribution is 5.48. The molecule has 8 heteroatoms. The maximum atomic E-state index is 13.6. The van der Waals surface area contributed by atoms with Crippen LogP contribution >= 0.6 is 0 Å². The molecule has 0 aliphatic carbocycles. The number of nitriles is 1. The Balaban J connectivity index is 2.04. The molecular formula is C18H9F3N4O. The molecule has 5 nitrogen and oxygen atoms in total. The fraction of sp³-hybridized carbons (Fsp3) is 0.0556. The van der Waals surface area contributed by atoms with Gasteiger partial charge in [-0.15, -0.1) is 5.10 Å². The van der Waals surface area contributed by atoms with Crippen molar-refractivity contribution in [3.05, 3.63) is 71.4 Å². The van der Waals surface area contributed by atoms with E-state index >= 15 is 0 Å². The molecule has 3 rings (SSSR count). The van der Waals surface area contributed by atoms with Gasteiger partial charge in [-0.1, -0.05) is 12.0 Å². The van der Waals surface area contributed by atoms with Crippen molar-refractivity contribution >= 4 is 0 Å². The van der Waals surface area contributed by atoms with E-state index in [0.717, 1.165) is 16.8 Å². The van der Waals surface area contributed by atoms with E-state index in [4.69, 9.17) is 5.26 Å². The zero-order chi connectivity index (χ0) is 18.5. The molecule has 26 heavy (non-hydrogen) atoms. The summed E-state index contributed by atoms with van der Waals surface area (Å²) < 4.78 is 44.3. The van der Waals surface area contributed by atoms with E-state index < -0.39 is 18.3 Å². The van der Waals surface area contributed by atoms with Crippen LogP contribution in [0.25, 0.3) is 5.69 Å². The Morgan fingerprint density at radius 1 is 1.15 bits per heavy atom. The predicted octanol–water partition coefficient (Wildman–Crippen LogP) is 3.28. The van der Waals surface area contributed by atoms with Gasteiger partial charge in [-0.3, -0.25) is 0 Å². The summed E-state index contributed by atoms with van der Waals surface area (Å²) in [5, 5.41) is 12.8. The predicted molar refractivity (Wildman–Crippen MR) is 85.1 cm³/mol. The summed E-state index contributed by atoms with van der Waals surface area (Å²) in [6.45, 7) is -3.10. The van der Waals surface area contributed by atoms with Crippen molar-refractivity contribution in [2.45, 2.75) is 6.61 Å². The summed E-state index contributed by atoms with van der Waals surface area (Å²) in [6, 6.07) is 10.4. The molecule has 3 aromatic rings. The first kappa shape index (κ1) is 17.1. The number of ether oxygens (including phenoxy) is 1. The van der Waals surface area contributed by atoms with Gasteiger partial charge in [0, 0.05) is 6.20 Å². The van der Waals surface area contributed by atoms with E-state index in [9.17, 15) is 13.2 Å². The smallest absolute Gasteiger partial charge is 0.388 e. The summed E-state index contributed by atoms with van der Waals surface area (Å²) in [5.74, 6) is 4.29. The van der Waals surface area contributed by atoms with Crippen molar-refractivity contribution in [1.82, 2.24) is 14.8 Å². The molecule has 0 radical (unpaired) electrons. The standard InChI is InChI=1S/C18H9F3N4O/c19-14-7-12(10-22)8-16(9-14)25-11-13(17(24-25)26-18(20)21)4-5-15-3-1-2-6-23-15/h1-3,6-9,11,18H. The van der Waals surface area contributed by atoms with E-state index in [1.165, 1.54) is 12.3 Å². The SMILES string of the molecule is N#Cc1cc(F)cc(-n2cc(C#Cc3ccccn3)c(OC(F)F)n2)c1. The minimum atomic E-state index is -3.10. The van der Waals surface area contributed by atoms with E-state index in [-0.39, 0.29) is 16.8 Å². The van der Waals surface area contributed by atoms with E-state index in [2.05, 4.69) is 26.7 Å². The molecular weight excluding hydrogens is 345 g/mol. The first-order valence-corrected chi connectivity index (χ1v) is 7.24. The number of nitrogens with zero attached hydrogens (tertiary/aromatic N) is 4. The number of alkyl halides is 2. The highest BCUT2D eigenvalue weighted by Crippen LogP contribution is 2.21. The van der Waals surface area contributed by atoms with E-state index in [0.29, 0.717) is 5.69 Å². The first-order chi connectivity index (χ1) is 12.5. The monoisotopic (exact) mass is 354 g/mol. The molecule has 0 saturated carbocycles. The van der Waals surface area contributed by atoms with Crippen LogP contribution in [0.1, 0.15) is 16.8 Å². The Morgan fingerprint density at radius 2 is 2.00 bits per heavy atom. The van der Waals surface area contributed by atoms with Gasteiger partial charge in [-0.25, -0.2) is 14.1 Å². The van der Waals surface area contributed by atoms with Gasteiger partial charge in [-0.05, 0) is 36.3 Å². The molecule has 0 amide bonds. The minimum Gasteiger partial charge on any atom is -0.414 e. The minimum absolute atomic E-state index is 0.0629. The average molecular weight is 354 g/mol. The molecule has 0 fully saturated rings. The number of benzene rings is 1. The number of pyridine rings is 1. The summed E-state index contributed by atoms with van der Waals surface area (Å²) >= 11 is 0. The van der Waals surface area contributed by atoms with Crippen LogP contribution < -0.4 is 4.74 Å². The van der Waals surface area contributed by atoms with Crippen LogP contribution in [0.2, 0.25) is 0 Å². The molecule has 2 heterocycles. The van der Waals surface area contributed by atoms with Gasteiger partial charge >= 0.3 is 6.61 Å². The number of halogens is 3. The van der Waals surface area contributed by atoms with Crippen molar-refractivity contribution < 1.29 is 17.9 Å². The topological polar surface area (TPSA) is 63.7 Å². The maximum absolute atomic E-state index is 13.6. The molecule has 0 aliphatic rings. The van der Waals surface area contributed by atoms with Crippen molar-refractivity contribution in [2.75, 3.05) is 0 Å². The Bertz CT molecular complexity index is 1030. The van der Waals surface area contributed by atoms with Gasteiger partial charge in [0.25, 0.3) is 5.88 Å². The Hall–Kier alpha value is -3.78. The molecule has 0 spiro atoms. The third-order valence-corrected chi connectivity index (χ3v) is 3.15. The van der Waals surface area contributed by atoms with Crippen molar-refractivity contribution in [1.29, 1.82) is 5.26 Å². The quantitative estimate of drug-likeness (QED) is 0.677. The number of hydrogen-bond donors (Lipinski definition) is 0. The molecule has 0 atom stereocenters. The largest absolute Gasteiger partial charge is 0.414 e. The summed E-state index contributed by atoms with van der Waals surface area (Å²) in [4.78, 5) is 4.01. The zero-order valence-corrected chi connectivity index (χ0v) is 13.0. The summed E-state index contributed by atoms with van der Waals surface area (Å²) in [6.07, 6.45) is 2.85. The second-order valence-electron chi connectivity index (χ2n) is 4.95. The zero-order valence-electron chi connectivity index (χ0n) is 13.0. The van der Waals surface area contributed by atoms with Crippen LogP contribution in [0.15, 0.2) is 48.8 Å². The van der Waals surface area contributed by atoms with Gasteiger partial charge in [0.1, 0.15) is 17.1 Å². The molecule has 0 unspecified atom stereocenters.